The molecule has 1 amide bonds. The van der Waals surface area contributed by atoms with Crippen LogP contribution in [0.5, 0.6) is 0 Å². The molecule has 4 rings (SSSR count). The van der Waals surface area contributed by atoms with Crippen molar-refractivity contribution in [3.8, 4) is 22.3 Å². The number of aryl methyl sites for hydroxylation is 2. The number of hydrogen-bond acceptors (Lipinski definition) is 2. The van der Waals surface area contributed by atoms with Gasteiger partial charge in [0.1, 0.15) is 5.82 Å². The summed E-state index contributed by atoms with van der Waals surface area (Å²) < 4.78 is 15.1. The summed E-state index contributed by atoms with van der Waals surface area (Å²) in [5, 5.41) is 2.96. The number of carbonyl (C=O) groups is 1. The van der Waals surface area contributed by atoms with E-state index in [0.29, 0.717) is 23.2 Å². The van der Waals surface area contributed by atoms with Gasteiger partial charge in [-0.25, -0.2) is 4.39 Å². The monoisotopic (exact) mass is 450 g/mol. The molecule has 0 atom stereocenters. The fourth-order valence-corrected chi connectivity index (χ4v) is 3.73. The normalized spacial score (nSPS) is 10.7. The maximum atomic E-state index is 15.1. The van der Waals surface area contributed by atoms with Crippen LogP contribution in [0.2, 0.25) is 0 Å². The Morgan fingerprint density at radius 1 is 0.882 bits per heavy atom. The molecular weight excluding hydrogens is 423 g/mol. The predicted octanol–water partition coefficient (Wildman–Crippen LogP) is 7.13. The minimum atomic E-state index is -0.348. The fourth-order valence-electron chi connectivity index (χ4n) is 3.73. The highest BCUT2D eigenvalue weighted by Crippen LogP contribution is 2.31. The Morgan fingerprint density at radius 2 is 1.62 bits per heavy atom. The van der Waals surface area contributed by atoms with E-state index in [0.717, 1.165) is 39.1 Å². The highest BCUT2D eigenvalue weighted by Gasteiger charge is 2.14. The molecule has 0 unspecified atom stereocenters. The Kier molecular flexibility index (Phi) is 6.69. The number of pyridine rings is 1. The number of nitrogens with zero attached hydrogens (tertiary/aromatic N) is 1. The zero-order valence-corrected chi connectivity index (χ0v) is 19.7. The number of hydrogen-bond donors (Lipinski definition) is 1. The smallest absolute Gasteiger partial charge is 0.251 e. The number of benzene rings is 3. The first-order chi connectivity index (χ1) is 16.3. The molecule has 34 heavy (non-hydrogen) atoms. The first-order valence-corrected chi connectivity index (χ1v) is 11.2. The summed E-state index contributed by atoms with van der Waals surface area (Å²) in [7, 11) is 0. The maximum absolute atomic E-state index is 15.1. The van der Waals surface area contributed by atoms with Gasteiger partial charge in [-0.1, -0.05) is 60.2 Å². The molecule has 0 aliphatic rings. The molecule has 0 saturated heterocycles. The highest BCUT2D eigenvalue weighted by molar-refractivity contribution is 5.97. The SMILES string of the molecule is C=C(C)c1ccc(-c2cc(C(=O)NCc3ccc(C)nc3)cc(-c3ccc(C)cc3)c2)c(F)c1. The van der Waals surface area contributed by atoms with Crippen molar-refractivity contribution in [2.75, 3.05) is 0 Å². The van der Waals surface area contributed by atoms with Gasteiger partial charge in [-0.05, 0) is 78.9 Å². The summed E-state index contributed by atoms with van der Waals surface area (Å²) in [6.45, 7) is 10.0. The van der Waals surface area contributed by atoms with E-state index < -0.39 is 0 Å². The van der Waals surface area contributed by atoms with Crippen LogP contribution in [0, 0.1) is 19.7 Å². The van der Waals surface area contributed by atoms with Crippen molar-refractivity contribution in [3.05, 3.63) is 119 Å². The second-order valence-electron chi connectivity index (χ2n) is 8.63. The van der Waals surface area contributed by atoms with Gasteiger partial charge in [0, 0.05) is 29.6 Å². The lowest BCUT2D eigenvalue weighted by atomic mass is 9.94. The average molecular weight is 451 g/mol. The van der Waals surface area contributed by atoms with Crippen molar-refractivity contribution in [2.45, 2.75) is 27.3 Å². The molecular formula is C30H27FN2O. The summed E-state index contributed by atoms with van der Waals surface area (Å²) >= 11 is 0. The van der Waals surface area contributed by atoms with Gasteiger partial charge in [0.15, 0.2) is 0 Å². The molecule has 4 aromatic rings. The Balaban J connectivity index is 1.72. The van der Waals surface area contributed by atoms with E-state index in [-0.39, 0.29) is 11.7 Å². The second kappa shape index (κ2) is 9.84. The van der Waals surface area contributed by atoms with E-state index in [1.807, 2.05) is 75.4 Å². The average Bonchev–Trinajstić information content (AvgIpc) is 2.83. The van der Waals surface area contributed by atoms with Crippen molar-refractivity contribution in [1.29, 1.82) is 0 Å². The number of halogens is 1. The number of aromatic nitrogens is 1. The first kappa shape index (κ1) is 23.1. The van der Waals surface area contributed by atoms with Gasteiger partial charge in [0.25, 0.3) is 5.91 Å². The third kappa shape index (κ3) is 5.29. The Morgan fingerprint density at radius 3 is 2.26 bits per heavy atom. The summed E-state index contributed by atoms with van der Waals surface area (Å²) in [5.74, 6) is -0.576. The molecule has 0 radical (unpaired) electrons. The van der Waals surface area contributed by atoms with Crippen molar-refractivity contribution in [2.24, 2.45) is 0 Å². The third-order valence-electron chi connectivity index (χ3n) is 5.78. The van der Waals surface area contributed by atoms with Crippen molar-refractivity contribution in [3.63, 3.8) is 0 Å². The fraction of sp³-hybridized carbons (Fsp3) is 0.133. The van der Waals surface area contributed by atoms with Crippen LogP contribution in [-0.2, 0) is 6.54 Å². The van der Waals surface area contributed by atoms with Gasteiger partial charge in [-0.15, -0.1) is 0 Å². The van der Waals surface area contributed by atoms with Crippen molar-refractivity contribution >= 4 is 11.5 Å². The molecule has 1 N–H and O–H groups in total. The van der Waals surface area contributed by atoms with Gasteiger partial charge in [-0.2, -0.15) is 0 Å². The molecule has 0 aliphatic heterocycles. The molecule has 0 bridgehead atoms. The molecule has 0 fully saturated rings. The predicted molar refractivity (Wildman–Crippen MR) is 137 cm³/mol. The quantitative estimate of drug-likeness (QED) is 0.339. The molecule has 0 aliphatic carbocycles. The van der Waals surface area contributed by atoms with E-state index in [4.69, 9.17) is 0 Å². The standard InChI is InChI=1S/C30H27FN2O/c1-19(2)24-11-12-28(29(31)16-24)26-13-25(23-9-5-20(3)6-10-23)14-27(15-26)30(34)33-18-22-8-7-21(4)32-17-22/h5-17H,1,18H2,2-4H3,(H,33,34). The maximum Gasteiger partial charge on any atom is 0.251 e. The molecule has 1 aromatic heterocycles. The Bertz CT molecular complexity index is 1360. The van der Waals surface area contributed by atoms with Gasteiger partial charge in [0.2, 0.25) is 0 Å². The summed E-state index contributed by atoms with van der Waals surface area (Å²) in [6, 6.07) is 22.5. The van der Waals surface area contributed by atoms with E-state index in [1.165, 1.54) is 6.07 Å². The van der Waals surface area contributed by atoms with Crippen LogP contribution in [0.4, 0.5) is 4.39 Å². The van der Waals surface area contributed by atoms with Gasteiger partial charge in [0.05, 0.1) is 0 Å². The molecule has 3 nitrogen and oxygen atoms in total. The lowest BCUT2D eigenvalue weighted by Gasteiger charge is -2.13. The van der Waals surface area contributed by atoms with Gasteiger partial charge < -0.3 is 5.32 Å². The number of amides is 1. The van der Waals surface area contributed by atoms with Crippen LogP contribution in [0.15, 0.2) is 85.6 Å². The van der Waals surface area contributed by atoms with E-state index in [9.17, 15) is 4.79 Å². The van der Waals surface area contributed by atoms with Crippen molar-refractivity contribution in [1.82, 2.24) is 10.3 Å². The summed E-state index contributed by atoms with van der Waals surface area (Å²) in [6.07, 6.45) is 1.75. The van der Waals surface area contributed by atoms with Crippen LogP contribution in [0.3, 0.4) is 0 Å². The molecule has 0 spiro atoms. The zero-order valence-electron chi connectivity index (χ0n) is 19.7. The zero-order chi connectivity index (χ0) is 24.2. The van der Waals surface area contributed by atoms with Gasteiger partial charge >= 0.3 is 0 Å². The summed E-state index contributed by atoms with van der Waals surface area (Å²) in [4.78, 5) is 17.4. The largest absolute Gasteiger partial charge is 0.348 e. The minimum Gasteiger partial charge on any atom is -0.348 e. The molecule has 0 saturated carbocycles. The van der Waals surface area contributed by atoms with Crippen LogP contribution in [0.25, 0.3) is 27.8 Å². The van der Waals surface area contributed by atoms with Crippen LogP contribution >= 0.6 is 0 Å². The number of rotatable bonds is 6. The van der Waals surface area contributed by atoms with Crippen molar-refractivity contribution < 1.29 is 9.18 Å². The second-order valence-corrected chi connectivity index (χ2v) is 8.63. The third-order valence-corrected chi connectivity index (χ3v) is 5.78. The number of carbonyl (C=O) groups excluding carboxylic acids is 1. The summed E-state index contributed by atoms with van der Waals surface area (Å²) in [5.41, 5.74) is 7.89. The Hall–Kier alpha value is -4.05. The topological polar surface area (TPSA) is 42.0 Å². The molecule has 4 heteroatoms. The molecule has 3 aromatic carbocycles. The lowest BCUT2D eigenvalue weighted by molar-refractivity contribution is 0.0951. The van der Waals surface area contributed by atoms with E-state index >= 15 is 4.39 Å². The van der Waals surface area contributed by atoms with Crippen LogP contribution in [-0.4, -0.2) is 10.9 Å². The lowest BCUT2D eigenvalue weighted by Crippen LogP contribution is -2.23. The number of nitrogens with one attached hydrogen (secondary N) is 1. The van der Waals surface area contributed by atoms with E-state index in [1.54, 1.807) is 18.3 Å². The van der Waals surface area contributed by atoms with E-state index in [2.05, 4.69) is 16.9 Å². The molecule has 170 valence electrons. The van der Waals surface area contributed by atoms with Crippen LogP contribution in [0.1, 0.15) is 39.7 Å². The van der Waals surface area contributed by atoms with Crippen LogP contribution < -0.4 is 5.32 Å². The minimum absolute atomic E-state index is 0.227. The highest BCUT2D eigenvalue weighted by atomic mass is 19.1. The van der Waals surface area contributed by atoms with Gasteiger partial charge in [-0.3, -0.25) is 9.78 Å². The molecule has 1 heterocycles. The Labute approximate surface area is 200 Å². The number of allylic oxidation sites excluding steroid dienone is 1. The first-order valence-electron chi connectivity index (χ1n) is 11.2.